The Morgan fingerprint density at radius 1 is 1.58 bits per heavy atom. The predicted molar refractivity (Wildman–Crippen MR) is 48.1 cm³/mol. The highest BCUT2D eigenvalue weighted by Crippen LogP contribution is 2.08. The zero-order chi connectivity index (χ0) is 9.30. The van der Waals surface area contributed by atoms with Gasteiger partial charge in [-0.25, -0.2) is 4.79 Å². The highest BCUT2D eigenvalue weighted by Gasteiger charge is 2.10. The molecule has 0 aliphatic carbocycles. The first-order chi connectivity index (χ1) is 5.57. The SMILES string of the molecule is Cc1[nH]c(=O)n(C(C)C)c1CN. The van der Waals surface area contributed by atoms with Crippen LogP contribution in [0.3, 0.4) is 0 Å². The van der Waals surface area contributed by atoms with Gasteiger partial charge < -0.3 is 10.7 Å². The van der Waals surface area contributed by atoms with Crippen molar-refractivity contribution in [2.75, 3.05) is 0 Å². The lowest BCUT2D eigenvalue weighted by molar-refractivity contribution is 0.556. The normalized spacial score (nSPS) is 11.1. The molecule has 0 radical (unpaired) electrons. The lowest BCUT2D eigenvalue weighted by Gasteiger charge is -2.09. The topological polar surface area (TPSA) is 63.8 Å². The number of rotatable bonds is 2. The second kappa shape index (κ2) is 3.15. The molecule has 1 rings (SSSR count). The van der Waals surface area contributed by atoms with Gasteiger partial charge in [-0.05, 0) is 20.8 Å². The van der Waals surface area contributed by atoms with Gasteiger partial charge >= 0.3 is 5.69 Å². The average molecular weight is 169 g/mol. The van der Waals surface area contributed by atoms with E-state index < -0.39 is 0 Å². The number of nitrogens with two attached hydrogens (primary N) is 1. The summed E-state index contributed by atoms with van der Waals surface area (Å²) in [4.78, 5) is 14.0. The van der Waals surface area contributed by atoms with E-state index in [-0.39, 0.29) is 11.7 Å². The number of aromatic nitrogens is 2. The number of hydrogen-bond acceptors (Lipinski definition) is 2. The molecule has 0 fully saturated rings. The maximum Gasteiger partial charge on any atom is 0.326 e. The van der Waals surface area contributed by atoms with Crippen LogP contribution in [0.2, 0.25) is 0 Å². The number of hydrogen-bond donors (Lipinski definition) is 2. The van der Waals surface area contributed by atoms with Crippen molar-refractivity contribution in [3.05, 3.63) is 21.9 Å². The summed E-state index contributed by atoms with van der Waals surface area (Å²) in [5.41, 5.74) is 7.23. The van der Waals surface area contributed by atoms with Crippen molar-refractivity contribution in [2.45, 2.75) is 33.4 Å². The van der Waals surface area contributed by atoms with Crippen LogP contribution in [0.1, 0.15) is 31.3 Å². The number of H-pyrrole nitrogens is 1. The third kappa shape index (κ3) is 1.30. The van der Waals surface area contributed by atoms with Crippen molar-refractivity contribution in [3.8, 4) is 0 Å². The molecule has 4 heteroatoms. The van der Waals surface area contributed by atoms with Crippen LogP contribution >= 0.6 is 0 Å². The molecular weight excluding hydrogens is 154 g/mol. The first-order valence-corrected chi connectivity index (χ1v) is 4.08. The minimum absolute atomic E-state index is 0.0667. The van der Waals surface area contributed by atoms with Crippen molar-refractivity contribution < 1.29 is 0 Å². The van der Waals surface area contributed by atoms with Gasteiger partial charge in [0, 0.05) is 18.3 Å². The summed E-state index contributed by atoms with van der Waals surface area (Å²) >= 11 is 0. The molecule has 0 spiro atoms. The molecule has 0 bridgehead atoms. The first-order valence-electron chi connectivity index (χ1n) is 4.08. The summed E-state index contributed by atoms with van der Waals surface area (Å²) in [7, 11) is 0. The van der Waals surface area contributed by atoms with Crippen LogP contribution < -0.4 is 11.4 Å². The molecule has 68 valence electrons. The van der Waals surface area contributed by atoms with E-state index in [9.17, 15) is 4.79 Å². The lowest BCUT2D eigenvalue weighted by Crippen LogP contribution is -2.21. The summed E-state index contributed by atoms with van der Waals surface area (Å²) < 4.78 is 1.69. The van der Waals surface area contributed by atoms with Crippen LogP contribution in [0.15, 0.2) is 4.79 Å². The van der Waals surface area contributed by atoms with E-state index in [0.29, 0.717) is 6.54 Å². The Labute approximate surface area is 71.4 Å². The van der Waals surface area contributed by atoms with Crippen molar-refractivity contribution in [1.29, 1.82) is 0 Å². The first kappa shape index (κ1) is 9.06. The van der Waals surface area contributed by atoms with E-state index in [1.165, 1.54) is 0 Å². The molecule has 0 unspecified atom stereocenters. The van der Waals surface area contributed by atoms with Crippen molar-refractivity contribution >= 4 is 0 Å². The van der Waals surface area contributed by atoms with Crippen LogP contribution in [-0.2, 0) is 6.54 Å². The minimum Gasteiger partial charge on any atom is -0.325 e. The van der Waals surface area contributed by atoms with Crippen LogP contribution in [0.25, 0.3) is 0 Å². The molecule has 0 amide bonds. The molecule has 1 aromatic heterocycles. The summed E-state index contributed by atoms with van der Waals surface area (Å²) in [6.45, 7) is 6.20. The number of nitrogens with zero attached hydrogens (tertiary/aromatic N) is 1. The van der Waals surface area contributed by atoms with Gasteiger partial charge in [-0.1, -0.05) is 0 Å². The lowest BCUT2D eigenvalue weighted by atomic mass is 10.3. The largest absolute Gasteiger partial charge is 0.326 e. The van der Waals surface area contributed by atoms with Gasteiger partial charge in [0.1, 0.15) is 0 Å². The van der Waals surface area contributed by atoms with Gasteiger partial charge in [0.15, 0.2) is 0 Å². The zero-order valence-corrected chi connectivity index (χ0v) is 7.72. The van der Waals surface area contributed by atoms with Crippen molar-refractivity contribution in [1.82, 2.24) is 9.55 Å². The van der Waals surface area contributed by atoms with E-state index in [2.05, 4.69) is 4.98 Å². The van der Waals surface area contributed by atoms with Gasteiger partial charge in [-0.15, -0.1) is 0 Å². The second-order valence-electron chi connectivity index (χ2n) is 3.17. The number of imidazole rings is 1. The Balaban J connectivity index is 3.33. The average Bonchev–Trinajstić information content (AvgIpc) is 2.24. The summed E-state index contributed by atoms with van der Waals surface area (Å²) in [6, 6.07) is 0.168. The van der Waals surface area contributed by atoms with Gasteiger partial charge in [0.25, 0.3) is 0 Å². The summed E-state index contributed by atoms with van der Waals surface area (Å²) in [5.74, 6) is 0. The van der Waals surface area contributed by atoms with Crippen LogP contribution in [0, 0.1) is 6.92 Å². The van der Waals surface area contributed by atoms with E-state index >= 15 is 0 Å². The molecule has 4 nitrogen and oxygen atoms in total. The monoisotopic (exact) mass is 169 g/mol. The Hall–Kier alpha value is -1.03. The van der Waals surface area contributed by atoms with Crippen LogP contribution in [-0.4, -0.2) is 9.55 Å². The molecule has 0 aromatic carbocycles. The Morgan fingerprint density at radius 2 is 2.17 bits per heavy atom. The molecule has 1 aromatic rings. The van der Waals surface area contributed by atoms with Gasteiger partial charge in [-0.3, -0.25) is 4.57 Å². The molecule has 0 aliphatic rings. The second-order valence-corrected chi connectivity index (χ2v) is 3.17. The van der Waals surface area contributed by atoms with E-state index in [0.717, 1.165) is 11.4 Å². The van der Waals surface area contributed by atoms with Gasteiger partial charge in [0.2, 0.25) is 0 Å². The zero-order valence-electron chi connectivity index (χ0n) is 7.72. The standard InChI is InChI=1S/C8H15N3O/c1-5(2)11-7(4-9)6(3)10-8(11)12/h5H,4,9H2,1-3H3,(H,10,12). The highest BCUT2D eigenvalue weighted by atomic mass is 16.1. The predicted octanol–water partition coefficient (Wildman–Crippen LogP) is 0.524. The Kier molecular flexibility index (Phi) is 2.38. The molecule has 1 heterocycles. The fraction of sp³-hybridized carbons (Fsp3) is 0.625. The molecule has 0 saturated carbocycles. The smallest absolute Gasteiger partial charge is 0.325 e. The quantitative estimate of drug-likeness (QED) is 0.678. The minimum atomic E-state index is -0.0667. The van der Waals surface area contributed by atoms with Crippen LogP contribution in [0.4, 0.5) is 0 Å². The van der Waals surface area contributed by atoms with E-state index in [1.807, 2.05) is 20.8 Å². The fourth-order valence-electron chi connectivity index (χ4n) is 1.39. The third-order valence-electron chi connectivity index (χ3n) is 1.95. The van der Waals surface area contributed by atoms with Crippen LogP contribution in [0.5, 0.6) is 0 Å². The summed E-state index contributed by atoms with van der Waals surface area (Å²) in [5, 5.41) is 0. The molecule has 0 aliphatic heterocycles. The Bertz CT molecular complexity index is 322. The maximum atomic E-state index is 11.3. The maximum absolute atomic E-state index is 11.3. The summed E-state index contributed by atoms with van der Waals surface area (Å²) in [6.07, 6.45) is 0. The fourth-order valence-corrected chi connectivity index (χ4v) is 1.39. The van der Waals surface area contributed by atoms with E-state index in [1.54, 1.807) is 4.57 Å². The molecule has 0 saturated heterocycles. The van der Waals surface area contributed by atoms with Gasteiger partial charge in [0.05, 0.1) is 5.69 Å². The van der Waals surface area contributed by atoms with Crippen molar-refractivity contribution in [3.63, 3.8) is 0 Å². The van der Waals surface area contributed by atoms with E-state index in [4.69, 9.17) is 5.73 Å². The molecular formula is C8H15N3O. The number of nitrogens with one attached hydrogen (secondary N) is 1. The highest BCUT2D eigenvalue weighted by molar-refractivity contribution is 5.11. The van der Waals surface area contributed by atoms with Crippen molar-refractivity contribution in [2.24, 2.45) is 5.73 Å². The van der Waals surface area contributed by atoms with Gasteiger partial charge in [-0.2, -0.15) is 0 Å². The number of aryl methyl sites for hydroxylation is 1. The Morgan fingerprint density at radius 3 is 2.50 bits per heavy atom. The molecule has 12 heavy (non-hydrogen) atoms. The molecule has 3 N–H and O–H groups in total. The molecule has 0 atom stereocenters. The number of aromatic amines is 1. The third-order valence-corrected chi connectivity index (χ3v) is 1.95.